The van der Waals surface area contributed by atoms with Gasteiger partial charge in [0.15, 0.2) is 5.96 Å². The molecule has 1 rings (SSSR count). The first kappa shape index (κ1) is 15.7. The molecule has 16 heavy (non-hydrogen) atoms. The van der Waals surface area contributed by atoms with Gasteiger partial charge in [0.25, 0.3) is 0 Å². The van der Waals surface area contributed by atoms with Crippen molar-refractivity contribution in [2.24, 2.45) is 10.9 Å². The van der Waals surface area contributed by atoms with Gasteiger partial charge in [-0.1, -0.05) is 26.0 Å². The van der Waals surface area contributed by atoms with Gasteiger partial charge in [0.2, 0.25) is 0 Å². The van der Waals surface area contributed by atoms with Crippen molar-refractivity contribution in [3.8, 4) is 0 Å². The summed E-state index contributed by atoms with van der Waals surface area (Å²) >= 11 is 0. The Morgan fingerprint density at radius 2 is 2.00 bits per heavy atom. The maximum Gasteiger partial charge on any atom is 0.191 e. The highest BCUT2D eigenvalue weighted by molar-refractivity contribution is 14.0. The minimum Gasteiger partial charge on any atom is -0.357 e. The van der Waals surface area contributed by atoms with Gasteiger partial charge in [-0.2, -0.15) is 0 Å². The number of guanidine groups is 1. The van der Waals surface area contributed by atoms with Crippen LogP contribution in [0.4, 0.5) is 0 Å². The normalized spacial score (nSPS) is 16.4. The summed E-state index contributed by atoms with van der Waals surface area (Å²) in [6.07, 6.45) is 6.69. The predicted molar refractivity (Wildman–Crippen MR) is 81.5 cm³/mol. The zero-order chi connectivity index (χ0) is 11.1. The Labute approximate surface area is 116 Å². The molecule has 0 aromatic heterocycles. The summed E-state index contributed by atoms with van der Waals surface area (Å²) in [5, 5.41) is 6.72. The lowest BCUT2D eigenvalue weighted by molar-refractivity contribution is 0.618. The Morgan fingerprint density at radius 1 is 1.38 bits per heavy atom. The fourth-order valence-electron chi connectivity index (χ4n) is 1.52. The third-order valence-corrected chi connectivity index (χ3v) is 2.31. The molecular formula is C12H24IN3. The van der Waals surface area contributed by atoms with Gasteiger partial charge in [-0.25, -0.2) is 0 Å². The Morgan fingerprint density at radius 3 is 2.50 bits per heavy atom. The summed E-state index contributed by atoms with van der Waals surface area (Å²) in [6, 6.07) is 0.537. The largest absolute Gasteiger partial charge is 0.357 e. The van der Waals surface area contributed by atoms with Crippen molar-refractivity contribution in [2.45, 2.75) is 39.7 Å². The maximum atomic E-state index is 4.54. The van der Waals surface area contributed by atoms with Crippen LogP contribution in [-0.2, 0) is 0 Å². The second kappa shape index (κ2) is 8.84. The molecule has 0 aliphatic heterocycles. The molecule has 4 heteroatoms. The van der Waals surface area contributed by atoms with E-state index in [0.717, 1.165) is 31.9 Å². The van der Waals surface area contributed by atoms with Crippen LogP contribution in [0.25, 0.3) is 0 Å². The van der Waals surface area contributed by atoms with Crippen molar-refractivity contribution in [1.82, 2.24) is 10.6 Å². The van der Waals surface area contributed by atoms with Crippen molar-refractivity contribution < 1.29 is 0 Å². The van der Waals surface area contributed by atoms with E-state index in [9.17, 15) is 0 Å². The van der Waals surface area contributed by atoms with E-state index in [1.807, 2.05) is 0 Å². The fourth-order valence-corrected chi connectivity index (χ4v) is 1.52. The Kier molecular flexibility index (Phi) is 8.70. The van der Waals surface area contributed by atoms with Crippen molar-refractivity contribution >= 4 is 29.9 Å². The minimum absolute atomic E-state index is 0. The lowest BCUT2D eigenvalue weighted by Gasteiger charge is -2.17. The second-order valence-corrected chi connectivity index (χ2v) is 4.40. The summed E-state index contributed by atoms with van der Waals surface area (Å²) in [6.45, 7) is 8.27. The zero-order valence-corrected chi connectivity index (χ0v) is 12.8. The molecular weight excluding hydrogens is 313 g/mol. The maximum absolute atomic E-state index is 4.54. The van der Waals surface area contributed by atoms with E-state index in [0.29, 0.717) is 12.0 Å². The number of halogens is 1. The van der Waals surface area contributed by atoms with Gasteiger partial charge >= 0.3 is 0 Å². The monoisotopic (exact) mass is 337 g/mol. The highest BCUT2D eigenvalue weighted by Crippen LogP contribution is 2.08. The Hall–Kier alpha value is -0.260. The summed E-state index contributed by atoms with van der Waals surface area (Å²) in [4.78, 5) is 4.54. The lowest BCUT2D eigenvalue weighted by Crippen LogP contribution is -2.42. The molecule has 2 N–H and O–H groups in total. The number of nitrogens with one attached hydrogen (secondary N) is 2. The summed E-state index contributed by atoms with van der Waals surface area (Å²) in [7, 11) is 0. The van der Waals surface area contributed by atoms with E-state index in [4.69, 9.17) is 0 Å². The number of hydrogen-bond donors (Lipinski definition) is 2. The van der Waals surface area contributed by atoms with Crippen molar-refractivity contribution in [1.29, 1.82) is 0 Å². The third-order valence-electron chi connectivity index (χ3n) is 2.31. The summed E-state index contributed by atoms with van der Waals surface area (Å²) in [5.74, 6) is 1.57. The van der Waals surface area contributed by atoms with E-state index >= 15 is 0 Å². The molecule has 94 valence electrons. The van der Waals surface area contributed by atoms with E-state index in [1.165, 1.54) is 0 Å². The van der Waals surface area contributed by atoms with Crippen LogP contribution in [-0.4, -0.2) is 25.1 Å². The quantitative estimate of drug-likeness (QED) is 0.358. The molecule has 0 spiro atoms. The van der Waals surface area contributed by atoms with E-state index < -0.39 is 0 Å². The SMILES string of the molecule is CCNC(=NCC(C)C)NC1CC=CC1.I. The topological polar surface area (TPSA) is 36.4 Å². The molecule has 0 aromatic rings. The first-order valence-corrected chi connectivity index (χ1v) is 5.92. The molecule has 0 radical (unpaired) electrons. The standard InChI is InChI=1S/C12H23N3.HI/c1-4-13-12(14-9-10(2)3)15-11-7-5-6-8-11;/h5-6,10-11H,4,7-9H2,1-3H3,(H2,13,14,15);1H. The summed E-state index contributed by atoms with van der Waals surface area (Å²) < 4.78 is 0. The Balaban J connectivity index is 0.00000225. The van der Waals surface area contributed by atoms with Crippen molar-refractivity contribution in [3.63, 3.8) is 0 Å². The van der Waals surface area contributed by atoms with Crippen LogP contribution in [0.3, 0.4) is 0 Å². The first-order chi connectivity index (χ1) is 7.22. The van der Waals surface area contributed by atoms with Gasteiger partial charge in [0, 0.05) is 19.1 Å². The molecule has 1 aliphatic rings. The summed E-state index contributed by atoms with van der Waals surface area (Å²) in [5.41, 5.74) is 0. The molecule has 0 saturated carbocycles. The molecule has 0 atom stereocenters. The van der Waals surface area contributed by atoms with E-state index in [1.54, 1.807) is 0 Å². The number of rotatable bonds is 4. The van der Waals surface area contributed by atoms with Crippen LogP contribution in [0.1, 0.15) is 33.6 Å². The highest BCUT2D eigenvalue weighted by Gasteiger charge is 2.11. The fraction of sp³-hybridized carbons (Fsp3) is 0.750. The average molecular weight is 337 g/mol. The van der Waals surface area contributed by atoms with Crippen LogP contribution in [0.15, 0.2) is 17.1 Å². The van der Waals surface area contributed by atoms with Gasteiger partial charge in [0.05, 0.1) is 0 Å². The Bertz CT molecular complexity index is 228. The number of aliphatic imine (C=N–C) groups is 1. The molecule has 0 unspecified atom stereocenters. The molecule has 1 aliphatic carbocycles. The molecule has 0 bridgehead atoms. The minimum atomic E-state index is 0. The smallest absolute Gasteiger partial charge is 0.191 e. The van der Waals surface area contributed by atoms with Crippen LogP contribution in [0.5, 0.6) is 0 Å². The predicted octanol–water partition coefficient (Wildman–Crippen LogP) is 2.53. The third kappa shape index (κ3) is 6.35. The zero-order valence-electron chi connectivity index (χ0n) is 10.5. The van der Waals surface area contributed by atoms with Gasteiger partial charge in [-0.3, -0.25) is 4.99 Å². The highest BCUT2D eigenvalue weighted by atomic mass is 127. The molecule has 0 heterocycles. The van der Waals surface area contributed by atoms with Crippen LogP contribution >= 0.6 is 24.0 Å². The van der Waals surface area contributed by atoms with Crippen LogP contribution in [0.2, 0.25) is 0 Å². The molecule has 0 aromatic carbocycles. The lowest BCUT2D eigenvalue weighted by atomic mass is 10.2. The van der Waals surface area contributed by atoms with E-state index in [-0.39, 0.29) is 24.0 Å². The molecule has 0 saturated heterocycles. The second-order valence-electron chi connectivity index (χ2n) is 4.40. The molecule has 0 fully saturated rings. The van der Waals surface area contributed by atoms with Crippen LogP contribution in [0, 0.1) is 5.92 Å². The van der Waals surface area contributed by atoms with Gasteiger partial charge in [0.1, 0.15) is 0 Å². The molecule has 0 amide bonds. The van der Waals surface area contributed by atoms with Gasteiger partial charge in [-0.15, -0.1) is 24.0 Å². The van der Waals surface area contributed by atoms with E-state index in [2.05, 4.69) is 48.5 Å². The number of hydrogen-bond acceptors (Lipinski definition) is 1. The van der Waals surface area contributed by atoms with Gasteiger partial charge < -0.3 is 10.6 Å². The average Bonchev–Trinajstić information content (AvgIpc) is 2.67. The van der Waals surface area contributed by atoms with Crippen molar-refractivity contribution in [2.75, 3.05) is 13.1 Å². The van der Waals surface area contributed by atoms with Crippen LogP contribution < -0.4 is 10.6 Å². The molecule has 3 nitrogen and oxygen atoms in total. The van der Waals surface area contributed by atoms with Crippen molar-refractivity contribution in [3.05, 3.63) is 12.2 Å². The number of nitrogens with zero attached hydrogens (tertiary/aromatic N) is 1. The van der Waals surface area contributed by atoms with Gasteiger partial charge in [-0.05, 0) is 25.7 Å². The first-order valence-electron chi connectivity index (χ1n) is 5.92.